The number of aryl methyl sites for hydroxylation is 1. The van der Waals surface area contributed by atoms with Crippen molar-refractivity contribution in [1.82, 2.24) is 0 Å². The van der Waals surface area contributed by atoms with Gasteiger partial charge in [-0.3, -0.25) is 0 Å². The Morgan fingerprint density at radius 2 is 1.80 bits per heavy atom. The summed E-state index contributed by atoms with van der Waals surface area (Å²) in [6.45, 7) is 10.4. The van der Waals surface area contributed by atoms with E-state index in [1.807, 2.05) is 19.9 Å². The first kappa shape index (κ1) is 11.9. The van der Waals surface area contributed by atoms with Crippen LogP contribution in [0.25, 0.3) is 0 Å². The average Bonchev–Trinajstić information content (AvgIpc) is 2.08. The van der Waals surface area contributed by atoms with E-state index in [4.69, 9.17) is 4.74 Å². The van der Waals surface area contributed by atoms with Gasteiger partial charge in [-0.1, -0.05) is 0 Å². The van der Waals surface area contributed by atoms with Crippen LogP contribution in [0.4, 0.5) is 5.69 Å². The lowest BCUT2D eigenvalue weighted by Gasteiger charge is -2.15. The van der Waals surface area contributed by atoms with Crippen LogP contribution < -0.4 is 10.1 Å². The molecule has 2 heteroatoms. The van der Waals surface area contributed by atoms with Gasteiger partial charge < -0.3 is 10.1 Å². The molecule has 1 rings (SSSR count). The molecule has 0 fully saturated rings. The molecule has 15 heavy (non-hydrogen) atoms. The highest BCUT2D eigenvalue weighted by molar-refractivity contribution is 5.54. The fourth-order valence-corrected chi connectivity index (χ4v) is 1.45. The average molecular weight is 207 g/mol. The Labute approximate surface area is 92.6 Å². The molecule has 2 nitrogen and oxygen atoms in total. The molecule has 0 aliphatic carbocycles. The van der Waals surface area contributed by atoms with Gasteiger partial charge in [0.05, 0.1) is 6.10 Å². The summed E-state index contributed by atoms with van der Waals surface area (Å²) in [6, 6.07) is 6.62. The quantitative estimate of drug-likeness (QED) is 0.814. The molecule has 0 bridgehead atoms. The second-order valence-corrected chi connectivity index (χ2v) is 4.44. The molecule has 84 valence electrons. The first-order valence-electron chi connectivity index (χ1n) is 5.53. The maximum absolute atomic E-state index is 5.63. The molecule has 0 radical (unpaired) electrons. The van der Waals surface area contributed by atoms with Gasteiger partial charge in [-0.25, -0.2) is 0 Å². The van der Waals surface area contributed by atoms with E-state index in [1.165, 1.54) is 11.3 Å². The normalized spacial score (nSPS) is 10.9. The van der Waals surface area contributed by atoms with Crippen molar-refractivity contribution in [2.24, 2.45) is 0 Å². The van der Waals surface area contributed by atoms with Crippen LogP contribution >= 0.6 is 0 Å². The van der Waals surface area contributed by atoms with E-state index in [1.54, 1.807) is 0 Å². The van der Waals surface area contributed by atoms with Gasteiger partial charge in [-0.2, -0.15) is 0 Å². The van der Waals surface area contributed by atoms with E-state index in [-0.39, 0.29) is 6.10 Å². The highest BCUT2D eigenvalue weighted by Gasteiger charge is 2.03. The van der Waals surface area contributed by atoms with Crippen LogP contribution in [0.15, 0.2) is 18.2 Å². The van der Waals surface area contributed by atoms with Crippen molar-refractivity contribution in [3.05, 3.63) is 23.8 Å². The number of hydrogen-bond donors (Lipinski definition) is 1. The van der Waals surface area contributed by atoms with Crippen LogP contribution in [-0.2, 0) is 0 Å². The van der Waals surface area contributed by atoms with Crippen molar-refractivity contribution in [3.8, 4) is 5.75 Å². The Morgan fingerprint density at radius 3 is 2.27 bits per heavy atom. The Bertz CT molecular complexity index is 318. The molecule has 0 aromatic heterocycles. The summed E-state index contributed by atoms with van der Waals surface area (Å²) in [5, 5.41) is 3.40. The van der Waals surface area contributed by atoms with Gasteiger partial charge in [0, 0.05) is 11.7 Å². The van der Waals surface area contributed by atoms with Crippen molar-refractivity contribution in [2.45, 2.75) is 46.8 Å². The molecule has 0 heterocycles. The summed E-state index contributed by atoms with van der Waals surface area (Å²) in [5.41, 5.74) is 2.41. The number of ether oxygens (including phenoxy) is 1. The lowest BCUT2D eigenvalue weighted by molar-refractivity contribution is 0.242. The van der Waals surface area contributed by atoms with Crippen molar-refractivity contribution >= 4 is 5.69 Å². The van der Waals surface area contributed by atoms with E-state index in [0.717, 1.165) is 5.75 Å². The molecule has 0 saturated heterocycles. The first-order chi connectivity index (χ1) is 6.99. The predicted octanol–water partition coefficient (Wildman–Crippen LogP) is 3.60. The largest absolute Gasteiger partial charge is 0.491 e. The summed E-state index contributed by atoms with van der Waals surface area (Å²) in [5.74, 6) is 0.941. The highest BCUT2D eigenvalue weighted by atomic mass is 16.5. The fraction of sp³-hybridized carbons (Fsp3) is 0.538. The van der Waals surface area contributed by atoms with Gasteiger partial charge in [0.1, 0.15) is 5.75 Å². The molecule has 1 aromatic rings. The number of nitrogens with one attached hydrogen (secondary N) is 1. The molecule has 0 atom stereocenters. The van der Waals surface area contributed by atoms with Crippen molar-refractivity contribution in [1.29, 1.82) is 0 Å². The maximum atomic E-state index is 5.63. The van der Waals surface area contributed by atoms with Gasteiger partial charge in [0.2, 0.25) is 0 Å². The third-order valence-electron chi connectivity index (χ3n) is 2.01. The molecular weight excluding hydrogens is 186 g/mol. The van der Waals surface area contributed by atoms with Crippen LogP contribution in [-0.4, -0.2) is 12.1 Å². The second kappa shape index (κ2) is 5.06. The summed E-state index contributed by atoms with van der Waals surface area (Å²) in [7, 11) is 0. The van der Waals surface area contributed by atoms with Crippen LogP contribution in [0, 0.1) is 6.92 Å². The topological polar surface area (TPSA) is 21.3 Å². The standard InChI is InChI=1S/C13H21NO/c1-9(2)14-13-7-6-12(8-11(13)5)15-10(3)4/h6-10,14H,1-5H3. The van der Waals surface area contributed by atoms with E-state index >= 15 is 0 Å². The molecule has 0 aliphatic heterocycles. The number of benzene rings is 1. The maximum Gasteiger partial charge on any atom is 0.120 e. The highest BCUT2D eigenvalue weighted by Crippen LogP contribution is 2.22. The Morgan fingerprint density at radius 1 is 1.13 bits per heavy atom. The summed E-state index contributed by atoms with van der Waals surface area (Å²) in [6.07, 6.45) is 0.230. The lowest BCUT2D eigenvalue weighted by Crippen LogP contribution is -2.11. The van der Waals surface area contributed by atoms with Crippen molar-refractivity contribution < 1.29 is 4.74 Å². The summed E-state index contributed by atoms with van der Waals surface area (Å²) < 4.78 is 5.63. The van der Waals surface area contributed by atoms with Gasteiger partial charge in [0.25, 0.3) is 0 Å². The summed E-state index contributed by atoms with van der Waals surface area (Å²) in [4.78, 5) is 0. The molecule has 0 saturated carbocycles. The van der Waals surface area contributed by atoms with Crippen LogP contribution in [0.3, 0.4) is 0 Å². The molecule has 1 aromatic carbocycles. The zero-order valence-corrected chi connectivity index (χ0v) is 10.3. The minimum Gasteiger partial charge on any atom is -0.491 e. The van der Waals surface area contributed by atoms with Crippen LogP contribution in [0.2, 0.25) is 0 Å². The van der Waals surface area contributed by atoms with Crippen LogP contribution in [0.5, 0.6) is 5.75 Å². The number of hydrogen-bond acceptors (Lipinski definition) is 2. The van der Waals surface area contributed by atoms with Gasteiger partial charge in [-0.05, 0) is 58.4 Å². The van der Waals surface area contributed by atoms with Gasteiger partial charge in [0.15, 0.2) is 0 Å². The minimum absolute atomic E-state index is 0.230. The van der Waals surface area contributed by atoms with Gasteiger partial charge >= 0.3 is 0 Å². The first-order valence-corrected chi connectivity index (χ1v) is 5.53. The van der Waals surface area contributed by atoms with Crippen LogP contribution in [0.1, 0.15) is 33.3 Å². The number of rotatable bonds is 4. The van der Waals surface area contributed by atoms with Crippen molar-refractivity contribution in [2.75, 3.05) is 5.32 Å². The van der Waals surface area contributed by atoms with Gasteiger partial charge in [-0.15, -0.1) is 0 Å². The van der Waals surface area contributed by atoms with E-state index in [9.17, 15) is 0 Å². The lowest BCUT2D eigenvalue weighted by atomic mass is 10.1. The molecule has 1 N–H and O–H groups in total. The third kappa shape index (κ3) is 3.82. The number of anilines is 1. The Balaban J connectivity index is 2.78. The van der Waals surface area contributed by atoms with Crippen molar-refractivity contribution in [3.63, 3.8) is 0 Å². The zero-order chi connectivity index (χ0) is 11.4. The molecular formula is C13H21NO. The monoisotopic (exact) mass is 207 g/mol. The molecule has 0 spiro atoms. The predicted molar refractivity (Wildman–Crippen MR) is 65.7 cm³/mol. The molecule has 0 amide bonds. The van der Waals surface area contributed by atoms with E-state index in [0.29, 0.717) is 6.04 Å². The second-order valence-electron chi connectivity index (χ2n) is 4.44. The van der Waals surface area contributed by atoms with E-state index in [2.05, 4.69) is 38.2 Å². The fourth-order valence-electron chi connectivity index (χ4n) is 1.45. The summed E-state index contributed by atoms with van der Waals surface area (Å²) >= 11 is 0. The SMILES string of the molecule is Cc1cc(OC(C)C)ccc1NC(C)C. The zero-order valence-electron chi connectivity index (χ0n) is 10.3. The van der Waals surface area contributed by atoms with E-state index < -0.39 is 0 Å². The molecule has 0 unspecified atom stereocenters. The third-order valence-corrected chi connectivity index (χ3v) is 2.01. The minimum atomic E-state index is 0.230. The Hall–Kier alpha value is -1.18. The Kier molecular flexibility index (Phi) is 4.01. The molecule has 0 aliphatic rings. The smallest absolute Gasteiger partial charge is 0.120 e.